The molecule has 4 rings (SSSR count). The predicted molar refractivity (Wildman–Crippen MR) is 118 cm³/mol. The molecule has 0 aliphatic heterocycles. The molecule has 2 aromatic heterocycles. The van der Waals surface area contributed by atoms with Crippen molar-refractivity contribution in [3.63, 3.8) is 0 Å². The summed E-state index contributed by atoms with van der Waals surface area (Å²) in [6, 6.07) is 14.1. The highest BCUT2D eigenvalue weighted by Crippen LogP contribution is 2.32. The summed E-state index contributed by atoms with van der Waals surface area (Å²) in [4.78, 5) is 16.2. The highest BCUT2D eigenvalue weighted by atomic mass is 16.5. The second-order valence-electron chi connectivity index (χ2n) is 7.64. The molecule has 8 nitrogen and oxygen atoms in total. The first kappa shape index (κ1) is 21.1. The zero-order valence-corrected chi connectivity index (χ0v) is 17.9. The van der Waals surface area contributed by atoms with Crippen LogP contribution < -0.4 is 4.74 Å². The Morgan fingerprint density at radius 2 is 2.09 bits per heavy atom. The molecule has 0 amide bonds. The Balaban J connectivity index is 1.73. The van der Waals surface area contributed by atoms with Gasteiger partial charge >= 0.3 is 5.97 Å². The molecule has 8 heteroatoms. The number of carboxylic acids is 1. The van der Waals surface area contributed by atoms with Gasteiger partial charge in [0, 0.05) is 28.2 Å². The van der Waals surface area contributed by atoms with Gasteiger partial charge in [0.15, 0.2) is 0 Å². The molecule has 0 fully saturated rings. The van der Waals surface area contributed by atoms with Crippen LogP contribution in [0.2, 0.25) is 0 Å². The SMILES string of the molecule is CCC(C(=O)O)n1ccc2c(-c3noc(-c4ccc(OC(C)C)c(C#N)c4)n3)cccc21. The Labute approximate surface area is 184 Å². The second-order valence-corrected chi connectivity index (χ2v) is 7.64. The number of aromatic nitrogens is 3. The van der Waals surface area contributed by atoms with E-state index in [1.165, 1.54) is 0 Å². The number of benzene rings is 2. The van der Waals surface area contributed by atoms with Crippen molar-refractivity contribution in [2.24, 2.45) is 0 Å². The van der Waals surface area contributed by atoms with E-state index in [1.54, 1.807) is 29.0 Å². The van der Waals surface area contributed by atoms with Crippen LogP contribution in [0.15, 0.2) is 53.2 Å². The van der Waals surface area contributed by atoms with Crippen molar-refractivity contribution in [1.82, 2.24) is 14.7 Å². The minimum Gasteiger partial charge on any atom is -0.490 e. The lowest BCUT2D eigenvalue weighted by Crippen LogP contribution is -2.17. The third-order valence-electron chi connectivity index (χ3n) is 5.15. The van der Waals surface area contributed by atoms with E-state index in [1.807, 2.05) is 45.0 Å². The fourth-order valence-corrected chi connectivity index (χ4v) is 3.70. The fraction of sp³-hybridized carbons (Fsp3) is 0.250. The predicted octanol–water partition coefficient (Wildman–Crippen LogP) is 5.05. The monoisotopic (exact) mass is 430 g/mol. The zero-order valence-electron chi connectivity index (χ0n) is 17.9. The van der Waals surface area contributed by atoms with Gasteiger partial charge in [-0.3, -0.25) is 0 Å². The van der Waals surface area contributed by atoms with Gasteiger partial charge in [-0.05, 0) is 50.6 Å². The number of nitriles is 1. The molecule has 1 unspecified atom stereocenters. The number of ether oxygens (including phenoxy) is 1. The van der Waals surface area contributed by atoms with Crippen molar-refractivity contribution in [2.75, 3.05) is 0 Å². The van der Waals surface area contributed by atoms with Crippen LogP contribution >= 0.6 is 0 Å². The van der Waals surface area contributed by atoms with Gasteiger partial charge in [0.2, 0.25) is 5.82 Å². The first-order valence-electron chi connectivity index (χ1n) is 10.3. The van der Waals surface area contributed by atoms with Crippen molar-refractivity contribution >= 4 is 16.9 Å². The summed E-state index contributed by atoms with van der Waals surface area (Å²) in [7, 11) is 0. The molecule has 0 radical (unpaired) electrons. The Hall–Kier alpha value is -4.12. The van der Waals surface area contributed by atoms with Gasteiger partial charge in [-0.25, -0.2) is 4.79 Å². The third-order valence-corrected chi connectivity index (χ3v) is 5.15. The van der Waals surface area contributed by atoms with Gasteiger partial charge in [0.1, 0.15) is 17.9 Å². The topological polar surface area (TPSA) is 114 Å². The number of carbonyl (C=O) groups is 1. The van der Waals surface area contributed by atoms with Gasteiger partial charge in [-0.1, -0.05) is 24.2 Å². The maximum absolute atomic E-state index is 11.6. The molecule has 2 heterocycles. The number of fused-ring (bicyclic) bond motifs is 1. The molecular formula is C24H22N4O4. The van der Waals surface area contributed by atoms with Crippen molar-refractivity contribution in [1.29, 1.82) is 5.26 Å². The number of carboxylic acid groups (broad SMARTS) is 1. The van der Waals surface area contributed by atoms with Crippen molar-refractivity contribution < 1.29 is 19.2 Å². The average Bonchev–Trinajstić information content (AvgIpc) is 3.42. The Kier molecular flexibility index (Phi) is 5.65. The summed E-state index contributed by atoms with van der Waals surface area (Å²) in [5.41, 5.74) is 2.51. The molecule has 0 saturated carbocycles. The molecule has 4 aromatic rings. The van der Waals surface area contributed by atoms with Crippen LogP contribution in [-0.4, -0.2) is 31.9 Å². The van der Waals surface area contributed by atoms with Crippen molar-refractivity contribution in [3.05, 3.63) is 54.2 Å². The van der Waals surface area contributed by atoms with Crippen LogP contribution in [0.5, 0.6) is 5.75 Å². The zero-order chi connectivity index (χ0) is 22.8. The number of hydrogen-bond acceptors (Lipinski definition) is 6. The summed E-state index contributed by atoms with van der Waals surface area (Å²) < 4.78 is 12.9. The van der Waals surface area contributed by atoms with Gasteiger partial charge < -0.3 is 18.9 Å². The van der Waals surface area contributed by atoms with Gasteiger partial charge in [0.05, 0.1) is 11.7 Å². The maximum Gasteiger partial charge on any atom is 0.326 e. The summed E-state index contributed by atoms with van der Waals surface area (Å²) >= 11 is 0. The normalized spacial score (nSPS) is 12.1. The second kappa shape index (κ2) is 8.55. The Morgan fingerprint density at radius 1 is 1.28 bits per heavy atom. The molecule has 0 bridgehead atoms. The molecule has 0 aliphatic rings. The lowest BCUT2D eigenvalue weighted by atomic mass is 10.1. The van der Waals surface area contributed by atoms with Crippen LogP contribution in [0.1, 0.15) is 38.8 Å². The lowest BCUT2D eigenvalue weighted by molar-refractivity contribution is -0.140. The molecule has 0 saturated heterocycles. The van der Waals surface area contributed by atoms with Crippen molar-refractivity contribution in [2.45, 2.75) is 39.3 Å². The third kappa shape index (κ3) is 3.81. The molecule has 1 atom stereocenters. The van der Waals surface area contributed by atoms with Crippen LogP contribution in [0.4, 0.5) is 0 Å². The van der Waals surface area contributed by atoms with E-state index in [2.05, 4.69) is 16.2 Å². The van der Waals surface area contributed by atoms with E-state index in [0.717, 1.165) is 16.5 Å². The van der Waals surface area contributed by atoms with E-state index >= 15 is 0 Å². The number of aliphatic carboxylic acids is 1. The Bertz CT molecular complexity index is 1330. The number of nitrogens with zero attached hydrogens (tertiary/aromatic N) is 4. The summed E-state index contributed by atoms with van der Waals surface area (Å²) in [5, 5.41) is 24.0. The van der Waals surface area contributed by atoms with Gasteiger partial charge in [-0.2, -0.15) is 10.2 Å². The first-order chi connectivity index (χ1) is 15.4. The smallest absolute Gasteiger partial charge is 0.326 e. The van der Waals surface area contributed by atoms with Crippen LogP contribution in [-0.2, 0) is 4.79 Å². The van der Waals surface area contributed by atoms with Crippen LogP contribution in [0.3, 0.4) is 0 Å². The lowest BCUT2D eigenvalue weighted by Gasteiger charge is -2.13. The quantitative estimate of drug-likeness (QED) is 0.436. The summed E-state index contributed by atoms with van der Waals surface area (Å²) in [5.74, 6) is 0.283. The highest BCUT2D eigenvalue weighted by molar-refractivity contribution is 5.94. The number of hydrogen-bond donors (Lipinski definition) is 1. The molecular weight excluding hydrogens is 408 g/mol. The molecule has 32 heavy (non-hydrogen) atoms. The molecule has 0 spiro atoms. The van der Waals surface area contributed by atoms with Crippen LogP contribution in [0.25, 0.3) is 33.7 Å². The molecule has 162 valence electrons. The fourth-order valence-electron chi connectivity index (χ4n) is 3.70. The van der Waals surface area contributed by atoms with E-state index < -0.39 is 12.0 Å². The minimum absolute atomic E-state index is 0.0517. The maximum atomic E-state index is 11.6. The van der Waals surface area contributed by atoms with E-state index in [-0.39, 0.29) is 12.0 Å². The average molecular weight is 430 g/mol. The van der Waals surface area contributed by atoms with E-state index in [9.17, 15) is 15.2 Å². The summed E-state index contributed by atoms with van der Waals surface area (Å²) in [6.07, 6.45) is 2.18. The molecule has 0 aliphatic carbocycles. The van der Waals surface area contributed by atoms with Gasteiger partial charge in [0.25, 0.3) is 5.89 Å². The van der Waals surface area contributed by atoms with Crippen LogP contribution in [0, 0.1) is 11.3 Å². The minimum atomic E-state index is -0.879. The standard InChI is InChI=1S/C24H22N4O4/c1-4-19(24(29)30)28-11-10-17-18(6-5-7-20(17)28)22-26-23(32-27-22)15-8-9-21(31-14(2)3)16(12-15)13-25/h5-12,14,19H,4H2,1-3H3,(H,29,30). The molecule has 1 N–H and O–H groups in total. The Morgan fingerprint density at radius 3 is 2.78 bits per heavy atom. The number of rotatable bonds is 7. The van der Waals surface area contributed by atoms with Crippen molar-refractivity contribution in [3.8, 4) is 34.7 Å². The van der Waals surface area contributed by atoms with E-state index in [0.29, 0.717) is 29.1 Å². The highest BCUT2D eigenvalue weighted by Gasteiger charge is 2.21. The molecule has 2 aromatic carbocycles. The van der Waals surface area contributed by atoms with E-state index in [4.69, 9.17) is 9.26 Å². The summed E-state index contributed by atoms with van der Waals surface area (Å²) in [6.45, 7) is 5.63. The van der Waals surface area contributed by atoms with Gasteiger partial charge in [-0.15, -0.1) is 0 Å². The largest absolute Gasteiger partial charge is 0.490 e. The first-order valence-corrected chi connectivity index (χ1v) is 10.3.